The summed E-state index contributed by atoms with van der Waals surface area (Å²) >= 11 is 0. The molecule has 0 radical (unpaired) electrons. The molecule has 1 amide bonds. The van der Waals surface area contributed by atoms with Crippen LogP contribution in [0, 0.1) is 0 Å². The minimum absolute atomic E-state index is 0.290. The van der Waals surface area contributed by atoms with E-state index in [9.17, 15) is 4.79 Å². The number of piperidine rings is 1. The van der Waals surface area contributed by atoms with Gasteiger partial charge in [0.15, 0.2) is 0 Å². The van der Waals surface area contributed by atoms with Gasteiger partial charge >= 0.3 is 0 Å². The zero-order chi connectivity index (χ0) is 20.9. The van der Waals surface area contributed by atoms with Gasteiger partial charge in [-0.2, -0.15) is 0 Å². The molecule has 6 heteroatoms. The predicted octanol–water partition coefficient (Wildman–Crippen LogP) is 3.63. The van der Waals surface area contributed by atoms with Gasteiger partial charge in [0.25, 0.3) is 0 Å². The van der Waals surface area contributed by atoms with Gasteiger partial charge in [0.1, 0.15) is 5.75 Å². The molecule has 3 aromatic rings. The van der Waals surface area contributed by atoms with Gasteiger partial charge in [0.05, 0.1) is 18.5 Å². The van der Waals surface area contributed by atoms with Crippen LogP contribution in [0.1, 0.15) is 40.4 Å². The van der Waals surface area contributed by atoms with Gasteiger partial charge in [-0.15, -0.1) is 0 Å². The quantitative estimate of drug-likeness (QED) is 0.681. The Morgan fingerprint density at radius 1 is 1.17 bits per heavy atom. The summed E-state index contributed by atoms with van der Waals surface area (Å²) in [6.45, 7) is 2.88. The molecule has 0 saturated carbocycles. The number of hydrogen-bond acceptors (Lipinski definition) is 5. The maximum atomic E-state index is 11.6. The third kappa shape index (κ3) is 4.49. The lowest BCUT2D eigenvalue weighted by molar-refractivity contribution is 0.100. The Morgan fingerprint density at radius 2 is 1.97 bits per heavy atom. The van der Waals surface area contributed by atoms with Gasteiger partial charge in [-0.3, -0.25) is 19.7 Å². The van der Waals surface area contributed by atoms with Crippen LogP contribution in [0.4, 0.5) is 0 Å². The average molecular weight is 402 g/mol. The van der Waals surface area contributed by atoms with Crippen molar-refractivity contribution in [1.82, 2.24) is 14.9 Å². The molecular formula is C24H26N4O2. The minimum atomic E-state index is -0.439. The summed E-state index contributed by atoms with van der Waals surface area (Å²) in [6, 6.07) is 15.6. The zero-order valence-corrected chi connectivity index (χ0v) is 17.1. The van der Waals surface area contributed by atoms with Crippen LogP contribution in [0.25, 0.3) is 11.3 Å². The third-order valence-electron chi connectivity index (χ3n) is 5.60. The maximum absolute atomic E-state index is 11.6. The number of ether oxygens (including phenoxy) is 1. The van der Waals surface area contributed by atoms with Gasteiger partial charge in [-0.25, -0.2) is 0 Å². The number of rotatable bonds is 6. The monoisotopic (exact) mass is 402 g/mol. The van der Waals surface area contributed by atoms with Crippen molar-refractivity contribution in [3.05, 3.63) is 77.7 Å². The highest BCUT2D eigenvalue weighted by Gasteiger charge is 2.25. The number of benzene rings is 2. The Bertz CT molecular complexity index is 1020. The Balaban J connectivity index is 1.55. The SMILES string of the molecule is COc1ccc(CN2CCC[C@@H](c3nccnc3-c3cccc(C(N)=O)c3)C2)cc1. The Hall–Kier alpha value is -3.25. The number of carbonyl (C=O) groups excluding carboxylic acids is 1. The van der Waals surface area contributed by atoms with Crippen molar-refractivity contribution in [1.29, 1.82) is 0 Å². The molecule has 30 heavy (non-hydrogen) atoms. The van der Waals surface area contributed by atoms with E-state index in [-0.39, 0.29) is 5.92 Å². The van der Waals surface area contributed by atoms with Crippen LogP contribution in [-0.2, 0) is 6.54 Å². The normalized spacial score (nSPS) is 16.9. The number of nitrogens with zero attached hydrogens (tertiary/aromatic N) is 3. The molecule has 154 valence electrons. The van der Waals surface area contributed by atoms with Crippen LogP contribution in [0.15, 0.2) is 60.9 Å². The lowest BCUT2D eigenvalue weighted by Crippen LogP contribution is -2.34. The predicted molar refractivity (Wildman–Crippen MR) is 116 cm³/mol. The van der Waals surface area contributed by atoms with Crippen molar-refractivity contribution < 1.29 is 9.53 Å². The number of aromatic nitrogens is 2. The molecular weight excluding hydrogens is 376 g/mol. The van der Waals surface area contributed by atoms with E-state index in [4.69, 9.17) is 15.5 Å². The standard InChI is InChI=1S/C24H26N4O2/c1-30-21-9-7-17(8-10-21)15-28-13-3-6-20(16-28)23-22(26-11-12-27-23)18-4-2-5-19(14-18)24(25)29/h2,4-5,7-12,14,20H,3,6,13,15-16H2,1H3,(H2,25,29)/t20-/m1/s1. The van der Waals surface area contributed by atoms with Crippen LogP contribution in [0.2, 0.25) is 0 Å². The molecule has 1 aromatic heterocycles. The number of carbonyl (C=O) groups is 1. The van der Waals surface area contributed by atoms with Crippen LogP contribution in [0.3, 0.4) is 0 Å². The average Bonchev–Trinajstić information content (AvgIpc) is 2.80. The minimum Gasteiger partial charge on any atom is -0.497 e. The molecule has 6 nitrogen and oxygen atoms in total. The van der Waals surface area contributed by atoms with E-state index in [1.165, 1.54) is 5.56 Å². The van der Waals surface area contributed by atoms with E-state index in [0.717, 1.165) is 55.2 Å². The van der Waals surface area contributed by atoms with Gasteiger partial charge in [0.2, 0.25) is 5.91 Å². The number of hydrogen-bond donors (Lipinski definition) is 1. The second kappa shape index (κ2) is 9.05. The second-order valence-corrected chi connectivity index (χ2v) is 7.66. The van der Waals surface area contributed by atoms with Gasteiger partial charge < -0.3 is 10.5 Å². The van der Waals surface area contributed by atoms with Gasteiger partial charge in [-0.05, 0) is 49.2 Å². The summed E-state index contributed by atoms with van der Waals surface area (Å²) in [5, 5.41) is 0. The maximum Gasteiger partial charge on any atom is 0.248 e. The van der Waals surface area contributed by atoms with Crippen molar-refractivity contribution in [3.8, 4) is 17.0 Å². The second-order valence-electron chi connectivity index (χ2n) is 7.66. The third-order valence-corrected chi connectivity index (χ3v) is 5.60. The molecule has 2 aromatic carbocycles. The summed E-state index contributed by atoms with van der Waals surface area (Å²) in [5.74, 6) is 0.723. The first kappa shape index (κ1) is 20.0. The molecule has 0 spiro atoms. The number of nitrogens with two attached hydrogens (primary N) is 1. The van der Waals surface area contributed by atoms with Crippen LogP contribution < -0.4 is 10.5 Å². The van der Waals surface area contributed by atoms with Crippen molar-refractivity contribution in [3.63, 3.8) is 0 Å². The first-order chi connectivity index (χ1) is 14.6. The molecule has 1 saturated heterocycles. The van der Waals surface area contributed by atoms with E-state index in [0.29, 0.717) is 5.56 Å². The van der Waals surface area contributed by atoms with Crippen molar-refractivity contribution in [2.75, 3.05) is 20.2 Å². The van der Waals surface area contributed by atoms with E-state index in [1.54, 1.807) is 31.6 Å². The summed E-state index contributed by atoms with van der Waals surface area (Å²) in [4.78, 5) is 23.4. The zero-order valence-electron chi connectivity index (χ0n) is 17.1. The van der Waals surface area contributed by atoms with Gasteiger partial charge in [0, 0.05) is 42.5 Å². The summed E-state index contributed by atoms with van der Waals surface area (Å²) < 4.78 is 5.25. The van der Waals surface area contributed by atoms with E-state index >= 15 is 0 Å². The molecule has 1 atom stereocenters. The smallest absolute Gasteiger partial charge is 0.248 e. The fourth-order valence-electron chi connectivity index (χ4n) is 4.10. The molecule has 0 bridgehead atoms. The highest BCUT2D eigenvalue weighted by molar-refractivity contribution is 5.94. The van der Waals surface area contributed by atoms with E-state index in [2.05, 4.69) is 22.0 Å². The number of likely N-dealkylation sites (tertiary alicyclic amines) is 1. The lowest BCUT2D eigenvalue weighted by atomic mass is 9.91. The fraction of sp³-hybridized carbons (Fsp3) is 0.292. The Kier molecular flexibility index (Phi) is 6.05. The fourth-order valence-corrected chi connectivity index (χ4v) is 4.10. The van der Waals surface area contributed by atoms with Crippen molar-refractivity contribution in [2.24, 2.45) is 5.73 Å². The molecule has 0 unspecified atom stereocenters. The first-order valence-electron chi connectivity index (χ1n) is 10.2. The topological polar surface area (TPSA) is 81.3 Å². The molecule has 1 aliphatic rings. The van der Waals surface area contributed by atoms with E-state index < -0.39 is 5.91 Å². The van der Waals surface area contributed by atoms with Crippen LogP contribution in [0.5, 0.6) is 5.75 Å². The summed E-state index contributed by atoms with van der Waals surface area (Å²) in [6.07, 6.45) is 5.63. The Labute approximate surface area is 176 Å². The number of amides is 1. The van der Waals surface area contributed by atoms with E-state index in [1.807, 2.05) is 24.3 Å². The molecule has 0 aliphatic carbocycles. The molecule has 2 N–H and O–H groups in total. The van der Waals surface area contributed by atoms with Crippen LogP contribution >= 0.6 is 0 Å². The summed E-state index contributed by atoms with van der Waals surface area (Å²) in [7, 11) is 1.68. The number of primary amides is 1. The van der Waals surface area contributed by atoms with Crippen molar-refractivity contribution >= 4 is 5.91 Å². The number of methoxy groups -OCH3 is 1. The molecule has 2 heterocycles. The summed E-state index contributed by atoms with van der Waals surface area (Å²) in [5.41, 5.74) is 9.90. The largest absolute Gasteiger partial charge is 0.497 e. The van der Waals surface area contributed by atoms with Crippen LogP contribution in [-0.4, -0.2) is 41.0 Å². The molecule has 1 fully saturated rings. The highest BCUT2D eigenvalue weighted by Crippen LogP contribution is 2.32. The molecule has 1 aliphatic heterocycles. The highest BCUT2D eigenvalue weighted by atomic mass is 16.5. The first-order valence-corrected chi connectivity index (χ1v) is 10.2. The van der Waals surface area contributed by atoms with Gasteiger partial charge in [-0.1, -0.05) is 24.3 Å². The lowest BCUT2D eigenvalue weighted by Gasteiger charge is -2.33. The molecule has 4 rings (SSSR count). The van der Waals surface area contributed by atoms with Crippen molar-refractivity contribution in [2.45, 2.75) is 25.3 Å². The Morgan fingerprint density at radius 3 is 2.73 bits per heavy atom.